The van der Waals surface area contributed by atoms with Crippen LogP contribution in [0.5, 0.6) is 0 Å². The number of nitrogens with zero attached hydrogens (tertiary/aromatic N) is 1. The number of esters is 2. The number of phosphoric acid groups is 1. The first-order chi connectivity index (χ1) is 28.4. The number of quaternary nitrogens is 1. The zero-order chi connectivity index (χ0) is 43.7. The fraction of sp³-hybridized carbons (Fsp3) is 0.583. The normalized spacial score (nSPS) is 15.2. The van der Waals surface area contributed by atoms with Gasteiger partial charge in [-0.25, -0.2) is 4.57 Å². The van der Waals surface area contributed by atoms with Crippen LogP contribution in [0.25, 0.3) is 0 Å². The molecule has 334 valence electrons. The van der Waals surface area contributed by atoms with Crippen molar-refractivity contribution in [1.29, 1.82) is 0 Å². The third-order valence-electron chi connectivity index (χ3n) is 8.40. The fourth-order valence-corrected chi connectivity index (χ4v) is 5.77. The molecule has 0 saturated heterocycles. The third-order valence-corrected chi connectivity index (χ3v) is 9.39. The maximum absolute atomic E-state index is 12.7. The van der Waals surface area contributed by atoms with E-state index >= 15 is 0 Å². The molecule has 0 spiro atoms. The average molecular weight is 845 g/mol. The molecule has 3 atom stereocenters. The number of likely N-dealkylation sites (N-methyl/N-ethyl adjacent to an activating group) is 1. The van der Waals surface area contributed by atoms with E-state index in [2.05, 4.69) is 98.9 Å². The van der Waals surface area contributed by atoms with E-state index in [9.17, 15) is 24.2 Å². The molecule has 0 bridgehead atoms. The van der Waals surface area contributed by atoms with E-state index in [1.807, 2.05) is 33.3 Å². The fourth-order valence-electron chi connectivity index (χ4n) is 5.03. The van der Waals surface area contributed by atoms with Gasteiger partial charge in [0.25, 0.3) is 0 Å². The van der Waals surface area contributed by atoms with Gasteiger partial charge < -0.3 is 24.0 Å². The summed E-state index contributed by atoms with van der Waals surface area (Å²) >= 11 is 0. The van der Waals surface area contributed by atoms with Crippen molar-refractivity contribution in [3.8, 4) is 0 Å². The lowest BCUT2D eigenvalue weighted by Crippen LogP contribution is -2.37. The highest BCUT2D eigenvalue weighted by atomic mass is 31.2. The molecule has 0 aromatic rings. The van der Waals surface area contributed by atoms with Crippen LogP contribution in [-0.4, -0.2) is 86.1 Å². The molecule has 11 heteroatoms. The second kappa shape index (κ2) is 38.8. The molecule has 0 saturated carbocycles. The van der Waals surface area contributed by atoms with E-state index in [0.717, 1.165) is 77.0 Å². The first-order valence-corrected chi connectivity index (χ1v) is 23.2. The summed E-state index contributed by atoms with van der Waals surface area (Å²) < 4.78 is 34.1. The predicted molar refractivity (Wildman–Crippen MR) is 244 cm³/mol. The van der Waals surface area contributed by atoms with Crippen LogP contribution in [0.1, 0.15) is 123 Å². The summed E-state index contributed by atoms with van der Waals surface area (Å²) in [5.41, 5.74) is 0. The van der Waals surface area contributed by atoms with Gasteiger partial charge in [-0.3, -0.25) is 18.6 Å². The predicted octanol–water partition coefficient (Wildman–Crippen LogP) is 11.3. The maximum atomic E-state index is 12.7. The topological polar surface area (TPSA) is 129 Å². The smallest absolute Gasteiger partial charge is 0.462 e. The Hall–Kier alpha value is -3.37. The largest absolute Gasteiger partial charge is 0.472 e. The van der Waals surface area contributed by atoms with Crippen LogP contribution in [-0.2, 0) is 32.7 Å². The van der Waals surface area contributed by atoms with Gasteiger partial charge in [-0.1, -0.05) is 136 Å². The van der Waals surface area contributed by atoms with Gasteiger partial charge in [0.05, 0.1) is 33.9 Å². The van der Waals surface area contributed by atoms with Crippen LogP contribution < -0.4 is 0 Å². The molecule has 0 aliphatic heterocycles. The minimum atomic E-state index is -4.44. The van der Waals surface area contributed by atoms with Gasteiger partial charge in [0.15, 0.2) is 6.10 Å². The molecule has 0 heterocycles. The quantitative estimate of drug-likeness (QED) is 0.0157. The molecule has 0 aliphatic rings. The second-order valence-electron chi connectivity index (χ2n) is 15.2. The SMILES string of the molecule is CC/C=C\C/C=C\C/C=C\C/C=C\C=C\C(O)CCCC(=O)O[C@H](COC(=O)CCCCCC/C=C\C/C=C\C/C=C\C/C=C\CC)COP(=O)(O)OCC[N+](C)(C)C. The molecule has 0 aromatic carbocycles. The number of rotatable bonds is 37. The lowest BCUT2D eigenvalue weighted by Gasteiger charge is -2.24. The van der Waals surface area contributed by atoms with Crippen LogP contribution in [0.3, 0.4) is 0 Å². The second-order valence-corrected chi connectivity index (χ2v) is 16.6. The molecular formula is C48H79NO9P+. The zero-order valence-corrected chi connectivity index (χ0v) is 37.9. The van der Waals surface area contributed by atoms with Gasteiger partial charge in [-0.15, -0.1) is 0 Å². The van der Waals surface area contributed by atoms with Crippen LogP contribution in [0, 0.1) is 0 Å². The number of aliphatic hydroxyl groups is 1. The van der Waals surface area contributed by atoms with Gasteiger partial charge in [-0.05, 0) is 83.5 Å². The van der Waals surface area contributed by atoms with E-state index < -0.39 is 38.6 Å². The van der Waals surface area contributed by atoms with Gasteiger partial charge >= 0.3 is 19.8 Å². The molecule has 0 fully saturated rings. The molecule has 0 aromatic heterocycles. The van der Waals surface area contributed by atoms with Crippen molar-refractivity contribution in [2.75, 3.05) is 47.5 Å². The highest BCUT2D eigenvalue weighted by Gasteiger charge is 2.27. The first kappa shape index (κ1) is 55.6. The van der Waals surface area contributed by atoms with Crippen LogP contribution >= 0.6 is 7.82 Å². The van der Waals surface area contributed by atoms with Gasteiger partial charge in [0, 0.05) is 12.8 Å². The van der Waals surface area contributed by atoms with Crippen molar-refractivity contribution in [3.63, 3.8) is 0 Å². The number of hydrogen-bond acceptors (Lipinski definition) is 8. The molecule has 0 radical (unpaired) electrons. The van der Waals surface area contributed by atoms with Crippen LogP contribution in [0.4, 0.5) is 0 Å². The average Bonchev–Trinajstić information content (AvgIpc) is 3.18. The monoisotopic (exact) mass is 845 g/mol. The summed E-state index contributed by atoms with van der Waals surface area (Å²) in [6.45, 7) is 3.90. The summed E-state index contributed by atoms with van der Waals surface area (Å²) in [5, 5.41) is 10.3. The summed E-state index contributed by atoms with van der Waals surface area (Å²) in [7, 11) is 1.32. The number of carbonyl (C=O) groups is 2. The first-order valence-electron chi connectivity index (χ1n) is 21.7. The summed E-state index contributed by atoms with van der Waals surface area (Å²) in [4.78, 5) is 35.4. The van der Waals surface area contributed by atoms with Crippen molar-refractivity contribution in [3.05, 3.63) is 109 Å². The van der Waals surface area contributed by atoms with E-state index in [1.54, 1.807) is 12.2 Å². The number of hydrogen-bond donors (Lipinski definition) is 2. The molecule has 10 nitrogen and oxygen atoms in total. The summed E-state index contributed by atoms with van der Waals surface area (Å²) in [5.74, 6) is -1.05. The molecule has 59 heavy (non-hydrogen) atoms. The van der Waals surface area contributed by atoms with E-state index in [-0.39, 0.29) is 26.1 Å². The Balaban J connectivity index is 4.64. The standard InChI is InChI=1S/C48H78NO9P/c1-6-8-10-12-14-16-18-20-21-22-23-25-27-29-31-33-35-39-47(51)55-43-46(44-57-59(53,54)56-42-41-49(3,4)5)58-48(52)40-36-38-45(50)37-34-32-30-28-26-24-19-17-15-13-11-9-7-2/h8-11,14-17,20-21,23-26,30,32,34,37,45-46,50H,6-7,12-13,18-19,22,27-29,31,33,35-36,38-44H2,1-5H3/p+1/b10-8-,11-9-,16-14-,17-15-,21-20-,25-23-,26-24-,32-30-,37-34+/t45?,46-/m1/s1. The molecule has 0 rings (SSSR count). The number of allylic oxidation sites excluding steroid dienone is 17. The number of unbranched alkanes of at least 4 members (excludes halogenated alkanes) is 4. The van der Waals surface area contributed by atoms with Crippen molar-refractivity contribution >= 4 is 19.8 Å². The van der Waals surface area contributed by atoms with Crippen molar-refractivity contribution in [2.24, 2.45) is 0 Å². The lowest BCUT2D eigenvalue weighted by molar-refractivity contribution is -0.870. The zero-order valence-electron chi connectivity index (χ0n) is 37.0. The lowest BCUT2D eigenvalue weighted by atomic mass is 10.1. The van der Waals surface area contributed by atoms with E-state index in [0.29, 0.717) is 30.3 Å². The van der Waals surface area contributed by atoms with Crippen molar-refractivity contribution in [1.82, 2.24) is 0 Å². The Kier molecular flexibility index (Phi) is 36.6. The van der Waals surface area contributed by atoms with Gasteiger partial charge in [0.2, 0.25) is 0 Å². The van der Waals surface area contributed by atoms with Crippen LogP contribution in [0.15, 0.2) is 109 Å². The van der Waals surface area contributed by atoms with E-state index in [4.69, 9.17) is 18.5 Å². The van der Waals surface area contributed by atoms with E-state index in [1.165, 1.54) is 0 Å². The Bertz CT molecular complexity index is 1380. The molecular weight excluding hydrogens is 766 g/mol. The summed E-state index contributed by atoms with van der Waals surface area (Å²) in [6, 6.07) is 0. The van der Waals surface area contributed by atoms with Gasteiger partial charge in [-0.2, -0.15) is 0 Å². The Labute approximate surface area is 358 Å². The van der Waals surface area contributed by atoms with Crippen molar-refractivity contribution in [2.45, 2.75) is 135 Å². The molecule has 0 aliphatic carbocycles. The Morgan fingerprint density at radius 3 is 1.68 bits per heavy atom. The highest BCUT2D eigenvalue weighted by molar-refractivity contribution is 7.47. The molecule has 2 N–H and O–H groups in total. The number of phosphoric ester groups is 1. The number of carbonyl (C=O) groups excluding carboxylic acids is 2. The summed E-state index contributed by atoms with van der Waals surface area (Å²) in [6.07, 6.45) is 48.8. The maximum Gasteiger partial charge on any atom is 0.472 e. The number of aliphatic hydroxyl groups excluding tert-OH is 1. The Morgan fingerprint density at radius 2 is 1.12 bits per heavy atom. The third kappa shape index (κ3) is 42.6. The molecule has 0 amide bonds. The van der Waals surface area contributed by atoms with Gasteiger partial charge in [0.1, 0.15) is 19.8 Å². The number of ether oxygens (including phenoxy) is 2. The molecule has 2 unspecified atom stereocenters. The minimum absolute atomic E-state index is 0.00296. The Morgan fingerprint density at radius 1 is 0.610 bits per heavy atom. The van der Waals surface area contributed by atoms with Crippen LogP contribution in [0.2, 0.25) is 0 Å². The minimum Gasteiger partial charge on any atom is -0.462 e. The highest BCUT2D eigenvalue weighted by Crippen LogP contribution is 2.43. The van der Waals surface area contributed by atoms with Crippen molar-refractivity contribution < 1.29 is 47.2 Å².